The number of hydrogen-bond donors (Lipinski definition) is 1. The largest absolute Gasteiger partial charge is 0.488 e. The molecular weight excluding hydrogens is 230 g/mol. The molecule has 2 N–H and O–H groups in total. The predicted octanol–water partition coefficient (Wildman–Crippen LogP) is 2.34. The van der Waals surface area contributed by atoms with Gasteiger partial charge >= 0.3 is 0 Å². The average molecular weight is 242 g/mol. The van der Waals surface area contributed by atoms with Gasteiger partial charge in [0.1, 0.15) is 12.4 Å². The summed E-state index contributed by atoms with van der Waals surface area (Å²) >= 11 is 3.39. The zero-order valence-electron chi connectivity index (χ0n) is 7.24. The Balaban J connectivity index is 2.45. The second-order valence-corrected chi connectivity index (χ2v) is 3.30. The molecule has 0 aliphatic carbocycles. The summed E-state index contributed by atoms with van der Waals surface area (Å²) in [6.07, 6.45) is 3.77. The molecule has 2 nitrogen and oxygen atoms in total. The van der Waals surface area contributed by atoms with Gasteiger partial charge in [-0.15, -0.1) is 0 Å². The minimum Gasteiger partial charge on any atom is -0.488 e. The number of ether oxygens (including phenoxy) is 1. The third-order valence-corrected chi connectivity index (χ3v) is 2.13. The predicted molar refractivity (Wildman–Crippen MR) is 57.8 cm³/mol. The molecule has 0 aliphatic heterocycles. The molecule has 0 heterocycles. The van der Waals surface area contributed by atoms with Crippen molar-refractivity contribution in [3.8, 4) is 5.75 Å². The van der Waals surface area contributed by atoms with Crippen molar-refractivity contribution in [2.24, 2.45) is 5.73 Å². The van der Waals surface area contributed by atoms with Crippen LogP contribution >= 0.6 is 15.9 Å². The Hall–Kier alpha value is -0.800. The average Bonchev–Trinajstić information content (AvgIpc) is 2.15. The molecule has 0 saturated heterocycles. The number of nitrogens with two attached hydrogens (primary N) is 1. The van der Waals surface area contributed by atoms with Gasteiger partial charge < -0.3 is 10.5 Å². The molecule has 0 aromatic heterocycles. The number of halogens is 1. The lowest BCUT2D eigenvalue weighted by atomic mass is 10.3. The van der Waals surface area contributed by atoms with E-state index in [1.807, 2.05) is 36.4 Å². The summed E-state index contributed by atoms with van der Waals surface area (Å²) in [4.78, 5) is 0. The summed E-state index contributed by atoms with van der Waals surface area (Å²) in [6.45, 7) is 1.11. The molecular formula is C10H12BrNO. The highest BCUT2D eigenvalue weighted by atomic mass is 79.9. The number of para-hydroxylation sites is 1. The molecule has 1 aromatic rings. The van der Waals surface area contributed by atoms with Crippen molar-refractivity contribution < 1.29 is 4.74 Å². The minimum atomic E-state index is 0.555. The highest BCUT2D eigenvalue weighted by Crippen LogP contribution is 2.23. The molecule has 0 atom stereocenters. The van der Waals surface area contributed by atoms with Crippen molar-refractivity contribution in [2.75, 3.05) is 13.2 Å². The fraction of sp³-hybridized carbons (Fsp3) is 0.200. The molecule has 0 amide bonds. The molecule has 0 bridgehead atoms. The summed E-state index contributed by atoms with van der Waals surface area (Å²) in [5.74, 6) is 0.851. The maximum atomic E-state index is 5.45. The van der Waals surface area contributed by atoms with Crippen LogP contribution in [-0.4, -0.2) is 13.2 Å². The van der Waals surface area contributed by atoms with Crippen LogP contribution in [0.2, 0.25) is 0 Å². The van der Waals surface area contributed by atoms with E-state index in [9.17, 15) is 0 Å². The van der Waals surface area contributed by atoms with Gasteiger partial charge in [-0.2, -0.15) is 0 Å². The highest BCUT2D eigenvalue weighted by molar-refractivity contribution is 9.10. The Morgan fingerprint density at radius 2 is 2.08 bits per heavy atom. The van der Waals surface area contributed by atoms with E-state index in [1.165, 1.54) is 0 Å². The van der Waals surface area contributed by atoms with E-state index in [1.54, 1.807) is 0 Å². The van der Waals surface area contributed by atoms with E-state index in [0.29, 0.717) is 13.2 Å². The van der Waals surface area contributed by atoms with Crippen molar-refractivity contribution in [3.63, 3.8) is 0 Å². The summed E-state index contributed by atoms with van der Waals surface area (Å²) in [5.41, 5.74) is 5.29. The summed E-state index contributed by atoms with van der Waals surface area (Å²) in [6, 6.07) is 7.75. The smallest absolute Gasteiger partial charge is 0.133 e. The maximum Gasteiger partial charge on any atom is 0.133 e. The third-order valence-electron chi connectivity index (χ3n) is 1.47. The molecule has 1 aromatic carbocycles. The molecule has 1 rings (SSSR count). The molecule has 0 fully saturated rings. The first-order chi connectivity index (χ1) is 6.34. The fourth-order valence-corrected chi connectivity index (χ4v) is 1.26. The lowest BCUT2D eigenvalue weighted by molar-refractivity contribution is 0.360. The van der Waals surface area contributed by atoms with E-state index in [2.05, 4.69) is 15.9 Å². The Kier molecular flexibility index (Phi) is 4.57. The first-order valence-electron chi connectivity index (χ1n) is 4.07. The molecule has 0 aliphatic rings. The molecule has 3 heteroatoms. The lowest BCUT2D eigenvalue weighted by Gasteiger charge is -2.04. The topological polar surface area (TPSA) is 35.2 Å². The summed E-state index contributed by atoms with van der Waals surface area (Å²) in [7, 11) is 0. The summed E-state index contributed by atoms with van der Waals surface area (Å²) < 4.78 is 6.42. The quantitative estimate of drug-likeness (QED) is 0.822. The fourth-order valence-electron chi connectivity index (χ4n) is 0.864. The Labute approximate surface area is 86.5 Å². The number of benzene rings is 1. The lowest BCUT2D eigenvalue weighted by Crippen LogP contribution is -1.97. The standard InChI is InChI=1S/C10H12BrNO/c11-9-5-1-2-6-10(9)13-8-4-3-7-12/h1-6H,7-8,12H2. The van der Waals surface area contributed by atoms with Crippen molar-refractivity contribution in [3.05, 3.63) is 40.9 Å². The van der Waals surface area contributed by atoms with Gasteiger partial charge in [0.05, 0.1) is 4.47 Å². The zero-order valence-corrected chi connectivity index (χ0v) is 8.83. The van der Waals surface area contributed by atoms with Crippen LogP contribution in [-0.2, 0) is 0 Å². The van der Waals surface area contributed by atoms with Crippen LogP contribution in [0.25, 0.3) is 0 Å². The molecule has 0 spiro atoms. The summed E-state index contributed by atoms with van der Waals surface area (Å²) in [5, 5.41) is 0. The zero-order chi connectivity index (χ0) is 9.52. The highest BCUT2D eigenvalue weighted by Gasteiger charge is 1.95. The van der Waals surface area contributed by atoms with E-state index in [0.717, 1.165) is 10.2 Å². The SMILES string of the molecule is NCC=CCOc1ccccc1Br. The van der Waals surface area contributed by atoms with Gasteiger partial charge in [0, 0.05) is 6.54 Å². The van der Waals surface area contributed by atoms with Gasteiger partial charge in [0.25, 0.3) is 0 Å². The van der Waals surface area contributed by atoms with Crippen molar-refractivity contribution in [1.82, 2.24) is 0 Å². The van der Waals surface area contributed by atoms with Crippen LogP contribution in [0.4, 0.5) is 0 Å². The van der Waals surface area contributed by atoms with Crippen LogP contribution in [0.5, 0.6) is 5.75 Å². The Morgan fingerprint density at radius 3 is 2.77 bits per heavy atom. The second kappa shape index (κ2) is 5.78. The van der Waals surface area contributed by atoms with Crippen LogP contribution < -0.4 is 10.5 Å². The normalized spacial score (nSPS) is 10.6. The van der Waals surface area contributed by atoms with E-state index < -0.39 is 0 Å². The number of rotatable bonds is 4. The second-order valence-electron chi connectivity index (χ2n) is 2.45. The first kappa shape index (κ1) is 10.3. The molecule has 13 heavy (non-hydrogen) atoms. The Bertz CT molecular complexity index is 286. The van der Waals surface area contributed by atoms with Crippen LogP contribution in [0.15, 0.2) is 40.9 Å². The van der Waals surface area contributed by atoms with Gasteiger partial charge in [-0.3, -0.25) is 0 Å². The number of hydrogen-bond acceptors (Lipinski definition) is 2. The van der Waals surface area contributed by atoms with Gasteiger partial charge in [0.15, 0.2) is 0 Å². The molecule has 0 radical (unpaired) electrons. The monoisotopic (exact) mass is 241 g/mol. The van der Waals surface area contributed by atoms with Crippen molar-refractivity contribution in [1.29, 1.82) is 0 Å². The molecule has 0 unspecified atom stereocenters. The van der Waals surface area contributed by atoms with E-state index in [-0.39, 0.29) is 0 Å². The van der Waals surface area contributed by atoms with Crippen molar-refractivity contribution in [2.45, 2.75) is 0 Å². The van der Waals surface area contributed by atoms with Gasteiger partial charge in [-0.05, 0) is 28.1 Å². The van der Waals surface area contributed by atoms with Gasteiger partial charge in [-0.25, -0.2) is 0 Å². The van der Waals surface area contributed by atoms with Gasteiger partial charge in [-0.1, -0.05) is 24.3 Å². The van der Waals surface area contributed by atoms with Gasteiger partial charge in [0.2, 0.25) is 0 Å². The minimum absolute atomic E-state index is 0.555. The Morgan fingerprint density at radius 1 is 1.31 bits per heavy atom. The first-order valence-corrected chi connectivity index (χ1v) is 4.86. The van der Waals surface area contributed by atoms with Crippen LogP contribution in [0.3, 0.4) is 0 Å². The molecule has 0 saturated carbocycles. The van der Waals surface area contributed by atoms with E-state index in [4.69, 9.17) is 10.5 Å². The van der Waals surface area contributed by atoms with E-state index >= 15 is 0 Å². The third kappa shape index (κ3) is 3.61. The van der Waals surface area contributed by atoms with Crippen molar-refractivity contribution >= 4 is 15.9 Å². The van der Waals surface area contributed by atoms with Crippen LogP contribution in [0, 0.1) is 0 Å². The van der Waals surface area contributed by atoms with Crippen LogP contribution in [0.1, 0.15) is 0 Å². The molecule has 70 valence electrons. The maximum absolute atomic E-state index is 5.45.